The molecule has 0 saturated carbocycles. The number of fused-ring (bicyclic) bond motifs is 4. The molecule has 0 amide bonds. The van der Waals surface area contributed by atoms with Gasteiger partial charge in [-0.15, -0.1) is 5.10 Å². The Morgan fingerprint density at radius 2 is 1.67 bits per heavy atom. The first-order valence-electron chi connectivity index (χ1n) is 13.5. The second-order valence-electron chi connectivity index (χ2n) is 9.94. The van der Waals surface area contributed by atoms with Crippen molar-refractivity contribution in [2.75, 3.05) is 7.11 Å². The summed E-state index contributed by atoms with van der Waals surface area (Å²) >= 11 is 0. The van der Waals surface area contributed by atoms with Crippen LogP contribution in [0.2, 0.25) is 0 Å². The van der Waals surface area contributed by atoms with Gasteiger partial charge in [-0.25, -0.2) is 19.2 Å². The number of aryl methyl sites for hydroxylation is 1. The molecule has 6 aromatic rings. The maximum absolute atomic E-state index is 6.49. The van der Waals surface area contributed by atoms with Crippen molar-refractivity contribution in [1.29, 1.82) is 0 Å². The van der Waals surface area contributed by atoms with Gasteiger partial charge in [0.05, 0.1) is 41.2 Å². The fraction of sp³-hybridized carbons (Fsp3) is 0.156. The van der Waals surface area contributed by atoms with E-state index in [1.54, 1.807) is 18.0 Å². The normalized spacial score (nSPS) is 14.3. The highest BCUT2D eigenvalue weighted by molar-refractivity contribution is 5.98. The number of aromatic nitrogens is 6. The summed E-state index contributed by atoms with van der Waals surface area (Å²) in [7, 11) is 1.66. The maximum atomic E-state index is 6.49. The van der Waals surface area contributed by atoms with Gasteiger partial charge < -0.3 is 14.3 Å². The van der Waals surface area contributed by atoms with E-state index in [9.17, 15) is 0 Å². The quantitative estimate of drug-likeness (QED) is 0.179. The highest BCUT2D eigenvalue weighted by Crippen LogP contribution is 2.49. The van der Waals surface area contributed by atoms with E-state index in [0.717, 1.165) is 45.1 Å². The van der Waals surface area contributed by atoms with Crippen molar-refractivity contribution in [3.63, 3.8) is 0 Å². The summed E-state index contributed by atoms with van der Waals surface area (Å²) in [6.45, 7) is 4.00. The van der Waals surface area contributed by atoms with Crippen molar-refractivity contribution in [2.45, 2.75) is 26.4 Å². The van der Waals surface area contributed by atoms with Gasteiger partial charge >= 0.3 is 0 Å². The lowest BCUT2D eigenvalue weighted by Crippen LogP contribution is -2.16. The zero-order valence-corrected chi connectivity index (χ0v) is 23.3. The molecule has 0 radical (unpaired) electrons. The lowest BCUT2D eigenvalue weighted by molar-refractivity contribution is 0.125. The lowest BCUT2D eigenvalue weighted by atomic mass is 9.84. The Labute approximate surface area is 241 Å². The molecule has 0 unspecified atom stereocenters. The molecule has 0 bridgehead atoms. The molecule has 0 aliphatic carbocycles. The van der Waals surface area contributed by atoms with Gasteiger partial charge in [0.2, 0.25) is 11.8 Å². The predicted octanol–water partition coefficient (Wildman–Crippen LogP) is 5.85. The first kappa shape index (κ1) is 25.5. The van der Waals surface area contributed by atoms with Crippen LogP contribution in [0.25, 0.3) is 11.3 Å². The van der Waals surface area contributed by atoms with Crippen LogP contribution < -0.4 is 9.47 Å². The van der Waals surface area contributed by atoms with Crippen LogP contribution in [-0.2, 0) is 11.4 Å². The number of oxime groups is 1. The van der Waals surface area contributed by atoms with E-state index < -0.39 is 0 Å². The first-order valence-corrected chi connectivity index (χ1v) is 13.5. The van der Waals surface area contributed by atoms with E-state index in [4.69, 9.17) is 24.4 Å². The minimum Gasteiger partial charge on any atom is -0.497 e. The van der Waals surface area contributed by atoms with E-state index in [-0.39, 0.29) is 12.5 Å². The fourth-order valence-electron chi connectivity index (χ4n) is 5.28. The van der Waals surface area contributed by atoms with Gasteiger partial charge in [0.15, 0.2) is 18.1 Å². The summed E-state index contributed by atoms with van der Waals surface area (Å²) in [4.78, 5) is 15.2. The molecule has 3 aromatic heterocycles. The van der Waals surface area contributed by atoms with Crippen LogP contribution in [0, 0.1) is 6.92 Å². The Kier molecular flexibility index (Phi) is 6.35. The van der Waals surface area contributed by atoms with Crippen LogP contribution in [0.5, 0.6) is 17.5 Å². The van der Waals surface area contributed by atoms with Crippen LogP contribution in [0.3, 0.4) is 0 Å². The van der Waals surface area contributed by atoms with Crippen molar-refractivity contribution in [1.82, 2.24) is 29.4 Å². The van der Waals surface area contributed by atoms with Crippen molar-refractivity contribution in [2.24, 2.45) is 5.16 Å². The monoisotopic (exact) mass is 557 g/mol. The van der Waals surface area contributed by atoms with E-state index in [2.05, 4.69) is 15.2 Å². The predicted molar refractivity (Wildman–Crippen MR) is 157 cm³/mol. The summed E-state index contributed by atoms with van der Waals surface area (Å²) in [6.07, 6.45) is 1.61. The average Bonchev–Trinajstić information content (AvgIpc) is 3.61. The molecule has 1 aliphatic heterocycles. The lowest BCUT2D eigenvalue weighted by Gasteiger charge is -2.26. The molecule has 10 nitrogen and oxygen atoms in total. The van der Waals surface area contributed by atoms with Gasteiger partial charge in [-0.1, -0.05) is 65.8 Å². The summed E-state index contributed by atoms with van der Waals surface area (Å²) in [6, 6.07) is 27.8. The Morgan fingerprint density at radius 1 is 0.929 bits per heavy atom. The highest BCUT2D eigenvalue weighted by Gasteiger charge is 2.38. The number of hydrogen-bond acceptors (Lipinski definition) is 8. The van der Waals surface area contributed by atoms with Crippen molar-refractivity contribution >= 4 is 11.4 Å². The standard InChI is InChI=1S/C32H27N7O3/c1-20(22-10-6-4-7-11-22)37-41-18-26-34-30-29-28(23-14-16-25(40-3)17-15-23)27-21(2)35-39(24-12-8-5-9-13-24)32(27)42-31(29)33-19-38(30)36-26/h4-17,19,28H,18H2,1-3H3/b37-20+/t28-/m0/s1. The molecule has 208 valence electrons. The molecule has 1 aliphatic rings. The Bertz CT molecular complexity index is 1910. The van der Waals surface area contributed by atoms with Crippen LogP contribution in [-0.4, -0.2) is 42.2 Å². The van der Waals surface area contributed by atoms with Gasteiger partial charge in [0.1, 0.15) is 12.1 Å². The zero-order chi connectivity index (χ0) is 28.6. The molecule has 0 N–H and O–H groups in total. The molecule has 1 atom stereocenters. The molecule has 0 saturated heterocycles. The maximum Gasteiger partial charge on any atom is 0.230 e. The van der Waals surface area contributed by atoms with Gasteiger partial charge in [0, 0.05) is 0 Å². The third-order valence-corrected chi connectivity index (χ3v) is 7.30. The minimum absolute atomic E-state index is 0.102. The number of para-hydroxylation sites is 1. The minimum atomic E-state index is -0.264. The molecule has 0 fully saturated rings. The van der Waals surface area contributed by atoms with E-state index in [0.29, 0.717) is 23.2 Å². The van der Waals surface area contributed by atoms with E-state index in [1.165, 1.54) is 0 Å². The number of hydrogen-bond donors (Lipinski definition) is 0. The molecule has 42 heavy (non-hydrogen) atoms. The van der Waals surface area contributed by atoms with Crippen molar-refractivity contribution in [3.8, 4) is 23.2 Å². The van der Waals surface area contributed by atoms with Crippen molar-refractivity contribution in [3.05, 3.63) is 125 Å². The number of benzene rings is 3. The van der Waals surface area contributed by atoms with Crippen LogP contribution >= 0.6 is 0 Å². The van der Waals surface area contributed by atoms with E-state index >= 15 is 0 Å². The first-order chi connectivity index (χ1) is 20.6. The molecule has 7 rings (SSSR count). The summed E-state index contributed by atoms with van der Waals surface area (Å²) < 4.78 is 15.4. The largest absolute Gasteiger partial charge is 0.497 e. The molecule has 4 heterocycles. The number of methoxy groups -OCH3 is 1. The molecular formula is C32H27N7O3. The molecule has 0 spiro atoms. The van der Waals surface area contributed by atoms with Gasteiger partial charge in [-0.2, -0.15) is 5.10 Å². The zero-order valence-electron chi connectivity index (χ0n) is 23.3. The second kappa shape index (κ2) is 10.5. The van der Waals surface area contributed by atoms with Gasteiger partial charge in [-0.05, 0) is 49.2 Å². The molecule has 10 heteroatoms. The van der Waals surface area contributed by atoms with Crippen LogP contribution in [0.1, 0.15) is 46.6 Å². The topological polar surface area (TPSA) is 101 Å². The molecular weight excluding hydrogens is 530 g/mol. The third kappa shape index (κ3) is 4.43. The molecule has 3 aromatic carbocycles. The third-order valence-electron chi connectivity index (χ3n) is 7.30. The Hall–Kier alpha value is -5.51. The SMILES string of the molecule is COc1ccc([C@H]2c3c(C)nn(-c4ccccc4)c3Oc3ncn4nc(CO/N=C(\C)c5ccccc5)nc4c32)cc1. The Balaban J connectivity index is 1.32. The highest BCUT2D eigenvalue weighted by atomic mass is 16.6. The number of rotatable bonds is 7. The van der Waals surface area contributed by atoms with Crippen molar-refractivity contribution < 1.29 is 14.3 Å². The van der Waals surface area contributed by atoms with Gasteiger partial charge in [-0.3, -0.25) is 0 Å². The summed E-state index contributed by atoms with van der Waals surface area (Å²) in [5, 5.41) is 13.8. The second-order valence-corrected chi connectivity index (χ2v) is 9.94. The van der Waals surface area contributed by atoms with Crippen LogP contribution in [0.4, 0.5) is 0 Å². The Morgan fingerprint density at radius 3 is 2.40 bits per heavy atom. The fourth-order valence-corrected chi connectivity index (χ4v) is 5.28. The van der Waals surface area contributed by atoms with Crippen LogP contribution in [0.15, 0.2) is 96.4 Å². The van der Waals surface area contributed by atoms with Gasteiger partial charge in [0.25, 0.3) is 0 Å². The summed E-state index contributed by atoms with van der Waals surface area (Å²) in [5.41, 5.74) is 6.88. The average molecular weight is 558 g/mol. The van der Waals surface area contributed by atoms with E-state index in [1.807, 2.05) is 103 Å². The number of nitrogens with zero attached hydrogens (tertiary/aromatic N) is 7. The smallest absolute Gasteiger partial charge is 0.230 e. The number of ether oxygens (including phenoxy) is 2. The summed E-state index contributed by atoms with van der Waals surface area (Å²) in [5.74, 6) is 2.06.